The van der Waals surface area contributed by atoms with Gasteiger partial charge in [0.15, 0.2) is 5.65 Å². The van der Waals surface area contributed by atoms with Gasteiger partial charge in [-0.3, -0.25) is 14.8 Å². The van der Waals surface area contributed by atoms with Gasteiger partial charge in [-0.1, -0.05) is 0 Å². The van der Waals surface area contributed by atoms with Crippen LogP contribution in [0, 0.1) is 0 Å². The van der Waals surface area contributed by atoms with Crippen molar-refractivity contribution >= 4 is 16.9 Å². The summed E-state index contributed by atoms with van der Waals surface area (Å²) in [5.74, 6) is -0.0322. The monoisotopic (exact) mass is 277 g/mol. The molecule has 0 saturated heterocycles. The standard InChI is InChI=1S/C13H19N5O2/c1-18(6-7-20-2)9-12(19)15-8-11-10-4-3-5-14-13(10)17-16-11/h3-5H,6-9H2,1-2H3,(H,15,19)(H,14,16,17). The summed E-state index contributed by atoms with van der Waals surface area (Å²) in [6.07, 6.45) is 1.69. The van der Waals surface area contributed by atoms with Gasteiger partial charge in [0.05, 0.1) is 25.4 Å². The Balaban J connectivity index is 1.84. The molecular formula is C13H19N5O2. The molecule has 0 atom stereocenters. The van der Waals surface area contributed by atoms with E-state index in [0.717, 1.165) is 17.6 Å². The number of ether oxygens (including phenoxy) is 1. The Bertz CT molecular complexity index is 569. The minimum atomic E-state index is -0.0322. The van der Waals surface area contributed by atoms with Crippen molar-refractivity contribution in [2.24, 2.45) is 0 Å². The van der Waals surface area contributed by atoms with Gasteiger partial charge >= 0.3 is 0 Å². The summed E-state index contributed by atoms with van der Waals surface area (Å²) < 4.78 is 4.97. The van der Waals surface area contributed by atoms with Gasteiger partial charge in [0.1, 0.15) is 0 Å². The molecule has 2 aromatic heterocycles. The number of methoxy groups -OCH3 is 1. The molecule has 2 N–H and O–H groups in total. The van der Waals surface area contributed by atoms with Crippen LogP contribution in [0.1, 0.15) is 5.69 Å². The summed E-state index contributed by atoms with van der Waals surface area (Å²) in [4.78, 5) is 17.8. The lowest BCUT2D eigenvalue weighted by molar-refractivity contribution is -0.122. The SMILES string of the molecule is COCCN(C)CC(=O)NCc1[nH]nc2ncccc12. The highest BCUT2D eigenvalue weighted by Gasteiger charge is 2.09. The van der Waals surface area contributed by atoms with Crippen LogP contribution < -0.4 is 5.32 Å². The van der Waals surface area contributed by atoms with Crippen molar-refractivity contribution in [3.63, 3.8) is 0 Å². The molecule has 0 aliphatic rings. The first kappa shape index (κ1) is 14.4. The zero-order valence-corrected chi connectivity index (χ0v) is 11.7. The Hall–Kier alpha value is -1.99. The zero-order chi connectivity index (χ0) is 14.4. The van der Waals surface area contributed by atoms with Crippen LogP contribution in [-0.2, 0) is 16.1 Å². The maximum absolute atomic E-state index is 11.8. The Labute approximate surface area is 117 Å². The van der Waals surface area contributed by atoms with E-state index in [1.807, 2.05) is 24.1 Å². The van der Waals surface area contributed by atoms with Crippen LogP contribution in [0.4, 0.5) is 0 Å². The van der Waals surface area contributed by atoms with Crippen LogP contribution in [-0.4, -0.2) is 59.8 Å². The number of H-pyrrole nitrogens is 1. The maximum Gasteiger partial charge on any atom is 0.234 e. The highest BCUT2D eigenvalue weighted by molar-refractivity contribution is 5.80. The summed E-state index contributed by atoms with van der Waals surface area (Å²) >= 11 is 0. The lowest BCUT2D eigenvalue weighted by Crippen LogP contribution is -2.36. The molecule has 0 fully saturated rings. The van der Waals surface area contributed by atoms with E-state index in [1.165, 1.54) is 0 Å². The molecule has 2 heterocycles. The van der Waals surface area contributed by atoms with E-state index in [9.17, 15) is 4.79 Å². The molecule has 0 aromatic carbocycles. The van der Waals surface area contributed by atoms with Crippen LogP contribution in [0.3, 0.4) is 0 Å². The quantitative estimate of drug-likeness (QED) is 0.753. The number of aromatic nitrogens is 3. The van der Waals surface area contributed by atoms with Gasteiger partial charge in [-0.15, -0.1) is 0 Å². The number of nitrogens with zero attached hydrogens (tertiary/aromatic N) is 3. The van der Waals surface area contributed by atoms with Crippen molar-refractivity contribution in [2.45, 2.75) is 6.54 Å². The zero-order valence-electron chi connectivity index (χ0n) is 11.7. The largest absolute Gasteiger partial charge is 0.383 e. The third-order valence-corrected chi connectivity index (χ3v) is 2.96. The lowest BCUT2D eigenvalue weighted by Gasteiger charge is -2.15. The number of carbonyl (C=O) groups excluding carboxylic acids is 1. The van der Waals surface area contributed by atoms with Crippen molar-refractivity contribution in [1.82, 2.24) is 25.4 Å². The highest BCUT2D eigenvalue weighted by Crippen LogP contribution is 2.11. The van der Waals surface area contributed by atoms with Gasteiger partial charge in [0.25, 0.3) is 0 Å². The van der Waals surface area contributed by atoms with E-state index in [4.69, 9.17) is 4.74 Å². The first-order valence-corrected chi connectivity index (χ1v) is 6.43. The second kappa shape index (κ2) is 6.97. The van der Waals surface area contributed by atoms with E-state index >= 15 is 0 Å². The van der Waals surface area contributed by atoms with Crippen molar-refractivity contribution in [1.29, 1.82) is 0 Å². The predicted octanol–water partition coefficient (Wildman–Crippen LogP) is 0.152. The topological polar surface area (TPSA) is 83.1 Å². The Kier molecular flexibility index (Phi) is 5.03. The molecule has 0 bridgehead atoms. The molecule has 1 amide bonds. The molecular weight excluding hydrogens is 258 g/mol. The Morgan fingerprint density at radius 3 is 3.20 bits per heavy atom. The van der Waals surface area contributed by atoms with Gasteiger partial charge in [0.2, 0.25) is 5.91 Å². The molecule has 2 aromatic rings. The van der Waals surface area contributed by atoms with Gasteiger partial charge in [-0.2, -0.15) is 5.10 Å². The summed E-state index contributed by atoms with van der Waals surface area (Å²) in [6.45, 7) is 2.09. The molecule has 7 nitrogen and oxygen atoms in total. The molecule has 2 rings (SSSR count). The highest BCUT2D eigenvalue weighted by atomic mass is 16.5. The normalized spacial score (nSPS) is 11.2. The molecule has 7 heteroatoms. The van der Waals surface area contributed by atoms with Crippen molar-refractivity contribution in [3.05, 3.63) is 24.0 Å². The Morgan fingerprint density at radius 2 is 2.40 bits per heavy atom. The van der Waals surface area contributed by atoms with E-state index in [2.05, 4.69) is 20.5 Å². The number of amides is 1. The number of likely N-dealkylation sites (N-methyl/N-ethyl adjacent to an activating group) is 1. The van der Waals surface area contributed by atoms with Crippen LogP contribution >= 0.6 is 0 Å². The lowest BCUT2D eigenvalue weighted by atomic mass is 10.2. The number of hydrogen-bond acceptors (Lipinski definition) is 5. The van der Waals surface area contributed by atoms with Gasteiger partial charge < -0.3 is 10.1 Å². The summed E-state index contributed by atoms with van der Waals surface area (Å²) in [7, 11) is 3.53. The average molecular weight is 277 g/mol. The number of carbonyl (C=O) groups is 1. The van der Waals surface area contributed by atoms with E-state index in [1.54, 1.807) is 13.3 Å². The number of nitrogens with one attached hydrogen (secondary N) is 2. The summed E-state index contributed by atoms with van der Waals surface area (Å²) in [5, 5.41) is 10.8. The third kappa shape index (κ3) is 3.75. The smallest absolute Gasteiger partial charge is 0.234 e. The van der Waals surface area contributed by atoms with E-state index in [-0.39, 0.29) is 5.91 Å². The second-order valence-corrected chi connectivity index (χ2v) is 4.58. The summed E-state index contributed by atoms with van der Waals surface area (Å²) in [5.41, 5.74) is 1.52. The fraction of sp³-hybridized carbons (Fsp3) is 0.462. The van der Waals surface area contributed by atoms with Crippen LogP contribution in [0.2, 0.25) is 0 Å². The number of fused-ring (bicyclic) bond motifs is 1. The first-order chi connectivity index (χ1) is 9.70. The van der Waals surface area contributed by atoms with E-state index in [0.29, 0.717) is 25.3 Å². The molecule has 0 spiro atoms. The van der Waals surface area contributed by atoms with Gasteiger partial charge in [-0.25, -0.2) is 4.98 Å². The number of rotatable bonds is 7. The van der Waals surface area contributed by atoms with Crippen molar-refractivity contribution in [2.75, 3.05) is 33.9 Å². The second-order valence-electron chi connectivity index (χ2n) is 4.58. The van der Waals surface area contributed by atoms with Crippen LogP contribution in [0.15, 0.2) is 18.3 Å². The molecule has 0 unspecified atom stereocenters. The van der Waals surface area contributed by atoms with Crippen molar-refractivity contribution < 1.29 is 9.53 Å². The molecule has 108 valence electrons. The van der Waals surface area contributed by atoms with E-state index < -0.39 is 0 Å². The molecule has 0 aliphatic carbocycles. The van der Waals surface area contributed by atoms with Gasteiger partial charge in [0, 0.05) is 25.2 Å². The number of aromatic amines is 1. The molecule has 20 heavy (non-hydrogen) atoms. The molecule has 0 saturated carbocycles. The number of pyridine rings is 1. The molecule has 0 aliphatic heterocycles. The Morgan fingerprint density at radius 1 is 1.55 bits per heavy atom. The summed E-state index contributed by atoms with van der Waals surface area (Å²) in [6, 6.07) is 3.78. The number of hydrogen-bond donors (Lipinski definition) is 2. The minimum absolute atomic E-state index is 0.0322. The first-order valence-electron chi connectivity index (χ1n) is 6.43. The average Bonchev–Trinajstić information content (AvgIpc) is 2.86. The predicted molar refractivity (Wildman–Crippen MR) is 75.1 cm³/mol. The van der Waals surface area contributed by atoms with Crippen LogP contribution in [0.5, 0.6) is 0 Å². The fourth-order valence-electron chi connectivity index (χ4n) is 1.85. The third-order valence-electron chi connectivity index (χ3n) is 2.96. The molecule has 0 radical (unpaired) electrons. The minimum Gasteiger partial charge on any atom is -0.383 e. The van der Waals surface area contributed by atoms with Crippen molar-refractivity contribution in [3.8, 4) is 0 Å². The maximum atomic E-state index is 11.8. The van der Waals surface area contributed by atoms with Crippen LogP contribution in [0.25, 0.3) is 11.0 Å². The van der Waals surface area contributed by atoms with Gasteiger partial charge in [-0.05, 0) is 19.2 Å². The fourth-order valence-corrected chi connectivity index (χ4v) is 1.85.